The number of rotatable bonds is 2. The second-order valence-electron chi connectivity index (χ2n) is 4.77. The van der Waals surface area contributed by atoms with Crippen LogP contribution in [0.25, 0.3) is 0 Å². The van der Waals surface area contributed by atoms with Gasteiger partial charge in [-0.2, -0.15) is 0 Å². The van der Waals surface area contributed by atoms with Gasteiger partial charge in [-0.1, -0.05) is 6.92 Å². The molecule has 1 aromatic rings. The van der Waals surface area contributed by atoms with Crippen LogP contribution in [-0.2, 0) is 5.41 Å². The molecular formula is C11H19N3. The zero-order valence-corrected chi connectivity index (χ0v) is 9.25. The molecule has 2 rings (SSSR count). The van der Waals surface area contributed by atoms with Crippen LogP contribution in [0.1, 0.15) is 38.9 Å². The molecular weight excluding hydrogens is 174 g/mol. The van der Waals surface area contributed by atoms with Gasteiger partial charge in [0.05, 0.1) is 6.33 Å². The van der Waals surface area contributed by atoms with Gasteiger partial charge in [0.1, 0.15) is 0 Å². The molecule has 3 nitrogen and oxygen atoms in total. The highest BCUT2D eigenvalue weighted by Crippen LogP contribution is 2.31. The second-order valence-corrected chi connectivity index (χ2v) is 4.77. The van der Waals surface area contributed by atoms with Crippen molar-refractivity contribution in [2.45, 2.75) is 38.6 Å². The van der Waals surface area contributed by atoms with Crippen LogP contribution in [0.3, 0.4) is 0 Å². The Bertz CT molecular complexity index is 308. The van der Waals surface area contributed by atoms with E-state index in [9.17, 15) is 0 Å². The maximum Gasteiger partial charge on any atom is 0.0950 e. The minimum absolute atomic E-state index is 0.279. The molecule has 0 aromatic carbocycles. The number of imidazole rings is 1. The van der Waals surface area contributed by atoms with Crippen LogP contribution in [0.5, 0.6) is 0 Å². The summed E-state index contributed by atoms with van der Waals surface area (Å²) in [6, 6.07) is 0.505. The van der Waals surface area contributed by atoms with Gasteiger partial charge in [0.2, 0.25) is 0 Å². The van der Waals surface area contributed by atoms with Crippen LogP contribution in [0.4, 0.5) is 0 Å². The monoisotopic (exact) mass is 193 g/mol. The average Bonchev–Trinajstić information content (AvgIpc) is 2.71. The molecule has 0 amide bonds. The zero-order chi connectivity index (χ0) is 10.2. The van der Waals surface area contributed by atoms with Crippen LogP contribution in [0.15, 0.2) is 12.5 Å². The molecule has 78 valence electrons. The zero-order valence-electron chi connectivity index (χ0n) is 9.25. The van der Waals surface area contributed by atoms with Gasteiger partial charge in [-0.3, -0.25) is 0 Å². The van der Waals surface area contributed by atoms with Gasteiger partial charge in [-0.05, 0) is 26.8 Å². The van der Waals surface area contributed by atoms with Crippen molar-refractivity contribution in [3.05, 3.63) is 18.2 Å². The van der Waals surface area contributed by atoms with Crippen molar-refractivity contribution < 1.29 is 0 Å². The molecule has 0 radical (unpaired) electrons. The fourth-order valence-corrected chi connectivity index (χ4v) is 2.22. The van der Waals surface area contributed by atoms with Gasteiger partial charge >= 0.3 is 0 Å². The van der Waals surface area contributed by atoms with Crippen molar-refractivity contribution in [3.63, 3.8) is 0 Å². The molecule has 1 N–H and O–H groups in total. The van der Waals surface area contributed by atoms with E-state index in [1.165, 1.54) is 12.1 Å². The van der Waals surface area contributed by atoms with Crippen LogP contribution in [0.2, 0.25) is 0 Å². The number of nitrogens with zero attached hydrogens (tertiary/aromatic N) is 2. The highest BCUT2D eigenvalue weighted by molar-refractivity contribution is 5.17. The first-order valence-corrected chi connectivity index (χ1v) is 5.36. The van der Waals surface area contributed by atoms with Crippen LogP contribution in [0, 0.1) is 0 Å². The lowest BCUT2D eigenvalue weighted by Crippen LogP contribution is -2.28. The van der Waals surface area contributed by atoms with E-state index in [2.05, 4.69) is 35.6 Å². The third-order valence-corrected chi connectivity index (χ3v) is 3.21. The smallest absolute Gasteiger partial charge is 0.0950 e. The molecule has 14 heavy (non-hydrogen) atoms. The maximum atomic E-state index is 4.27. The molecule has 3 heteroatoms. The molecule has 0 saturated carbocycles. The van der Waals surface area contributed by atoms with E-state index in [-0.39, 0.29) is 5.41 Å². The van der Waals surface area contributed by atoms with E-state index in [0.29, 0.717) is 6.04 Å². The van der Waals surface area contributed by atoms with Gasteiger partial charge < -0.3 is 9.88 Å². The summed E-state index contributed by atoms with van der Waals surface area (Å²) in [6.45, 7) is 8.93. The predicted octanol–water partition coefficient (Wildman–Crippen LogP) is 1.71. The molecule has 0 aliphatic carbocycles. The summed E-state index contributed by atoms with van der Waals surface area (Å²) in [4.78, 5) is 4.27. The lowest BCUT2D eigenvalue weighted by atomic mass is 9.86. The van der Waals surface area contributed by atoms with Gasteiger partial charge in [0, 0.05) is 29.9 Å². The predicted molar refractivity (Wildman–Crippen MR) is 57.5 cm³/mol. The summed E-state index contributed by atoms with van der Waals surface area (Å²) in [6.07, 6.45) is 5.18. The Morgan fingerprint density at radius 1 is 1.57 bits per heavy atom. The number of hydrogen-bond acceptors (Lipinski definition) is 2. The standard InChI is InChI=1S/C11H19N3/c1-9(2)14-8-13-6-10(14)11(3)4-5-12-7-11/h6,8-9,12H,4-5,7H2,1-3H3. The molecule has 0 bridgehead atoms. The SMILES string of the molecule is CC(C)n1cncc1C1(C)CCNC1. The molecule has 0 spiro atoms. The third kappa shape index (κ3) is 1.46. The van der Waals surface area contributed by atoms with E-state index in [0.717, 1.165) is 13.1 Å². The Morgan fingerprint density at radius 3 is 2.93 bits per heavy atom. The van der Waals surface area contributed by atoms with Crippen molar-refractivity contribution in [1.29, 1.82) is 0 Å². The number of hydrogen-bond donors (Lipinski definition) is 1. The first kappa shape index (κ1) is 9.71. The Balaban J connectivity index is 2.35. The fraction of sp³-hybridized carbons (Fsp3) is 0.727. The van der Waals surface area contributed by atoms with E-state index >= 15 is 0 Å². The van der Waals surface area contributed by atoms with Crippen molar-refractivity contribution in [1.82, 2.24) is 14.9 Å². The molecule has 1 aliphatic heterocycles. The normalized spacial score (nSPS) is 27.4. The summed E-state index contributed by atoms with van der Waals surface area (Å²) >= 11 is 0. The molecule has 1 atom stereocenters. The summed E-state index contributed by atoms with van der Waals surface area (Å²) in [5.74, 6) is 0. The Hall–Kier alpha value is -0.830. The van der Waals surface area contributed by atoms with E-state index in [1.54, 1.807) is 0 Å². The molecule has 1 aromatic heterocycles. The first-order valence-electron chi connectivity index (χ1n) is 5.36. The quantitative estimate of drug-likeness (QED) is 0.775. The maximum absolute atomic E-state index is 4.27. The molecule has 2 heterocycles. The minimum Gasteiger partial charge on any atom is -0.332 e. The third-order valence-electron chi connectivity index (χ3n) is 3.21. The minimum atomic E-state index is 0.279. The summed E-state index contributed by atoms with van der Waals surface area (Å²) in [7, 11) is 0. The highest BCUT2D eigenvalue weighted by atomic mass is 15.1. The topological polar surface area (TPSA) is 29.9 Å². The molecule has 1 fully saturated rings. The second kappa shape index (κ2) is 3.39. The summed E-state index contributed by atoms with van der Waals surface area (Å²) in [5.41, 5.74) is 1.65. The van der Waals surface area contributed by atoms with Crippen LogP contribution in [-0.4, -0.2) is 22.6 Å². The van der Waals surface area contributed by atoms with Gasteiger partial charge in [-0.25, -0.2) is 4.98 Å². The van der Waals surface area contributed by atoms with Crippen molar-refractivity contribution in [2.24, 2.45) is 0 Å². The van der Waals surface area contributed by atoms with Crippen molar-refractivity contribution in [2.75, 3.05) is 13.1 Å². The Kier molecular flexibility index (Phi) is 2.35. The summed E-state index contributed by atoms with van der Waals surface area (Å²) in [5, 5.41) is 3.43. The first-order chi connectivity index (χ1) is 6.63. The van der Waals surface area contributed by atoms with Crippen LogP contribution >= 0.6 is 0 Å². The van der Waals surface area contributed by atoms with Crippen molar-refractivity contribution >= 4 is 0 Å². The van der Waals surface area contributed by atoms with Crippen LogP contribution < -0.4 is 5.32 Å². The molecule has 1 saturated heterocycles. The van der Waals surface area contributed by atoms with Gasteiger partial charge in [0.25, 0.3) is 0 Å². The fourth-order valence-electron chi connectivity index (χ4n) is 2.22. The Morgan fingerprint density at radius 2 is 2.36 bits per heavy atom. The summed E-state index contributed by atoms with van der Waals surface area (Å²) < 4.78 is 2.28. The molecule has 1 unspecified atom stereocenters. The largest absolute Gasteiger partial charge is 0.332 e. The lowest BCUT2D eigenvalue weighted by Gasteiger charge is -2.25. The molecule has 1 aliphatic rings. The van der Waals surface area contributed by atoms with E-state index in [1.807, 2.05) is 12.5 Å². The van der Waals surface area contributed by atoms with Gasteiger partial charge in [-0.15, -0.1) is 0 Å². The van der Waals surface area contributed by atoms with E-state index in [4.69, 9.17) is 0 Å². The van der Waals surface area contributed by atoms with E-state index < -0.39 is 0 Å². The number of nitrogens with one attached hydrogen (secondary N) is 1. The number of aromatic nitrogens is 2. The average molecular weight is 193 g/mol. The lowest BCUT2D eigenvalue weighted by molar-refractivity contribution is 0.451. The highest BCUT2D eigenvalue weighted by Gasteiger charge is 2.33. The Labute approximate surface area is 85.5 Å². The van der Waals surface area contributed by atoms with Crippen molar-refractivity contribution in [3.8, 4) is 0 Å². The van der Waals surface area contributed by atoms with Gasteiger partial charge in [0.15, 0.2) is 0 Å².